The quantitative estimate of drug-likeness (QED) is 0.320. The second-order valence-corrected chi connectivity index (χ2v) is 1.88. The third-order valence-electron chi connectivity index (χ3n) is 0.567. The van der Waals surface area contributed by atoms with Gasteiger partial charge in [0.15, 0.2) is 0 Å². The van der Waals surface area contributed by atoms with Gasteiger partial charge in [0.2, 0.25) is 0 Å². The molecule has 0 heterocycles. The van der Waals surface area contributed by atoms with Gasteiger partial charge in [-0.05, 0) is 0 Å². The van der Waals surface area contributed by atoms with Gasteiger partial charge in [-0.3, -0.25) is 0 Å². The van der Waals surface area contributed by atoms with Crippen LogP contribution in [0.4, 0.5) is 0 Å². The van der Waals surface area contributed by atoms with Crippen LogP contribution in [0.5, 0.6) is 0 Å². The van der Waals surface area contributed by atoms with Gasteiger partial charge >= 0.3 is 16.6 Å². The summed E-state index contributed by atoms with van der Waals surface area (Å²) in [6.45, 7) is 1.84. The normalized spacial score (nSPS) is 9.62. The highest BCUT2D eigenvalue weighted by Crippen LogP contribution is 1.77. The van der Waals surface area contributed by atoms with Crippen molar-refractivity contribution in [3.05, 3.63) is 0 Å². The average molecular weight is 151 g/mol. The average Bonchev–Trinajstić information content (AvgIpc) is 1.81. The van der Waals surface area contributed by atoms with Gasteiger partial charge in [0.1, 0.15) is 0 Å². The molecule has 0 amide bonds. The topological polar surface area (TPSA) is 18.5 Å². The summed E-state index contributed by atoms with van der Waals surface area (Å²) in [5.41, 5.74) is 0. The molecule has 0 aliphatic carbocycles. The van der Waals surface area contributed by atoms with E-state index in [1.54, 1.807) is 0 Å². The largest absolute Gasteiger partial charge is 0.514 e. The van der Waals surface area contributed by atoms with Crippen molar-refractivity contribution in [2.24, 2.45) is 0 Å². The van der Waals surface area contributed by atoms with E-state index < -0.39 is 0 Å². The van der Waals surface area contributed by atoms with Crippen LogP contribution in [0.3, 0.4) is 0 Å². The Balaban J connectivity index is 2.53. The van der Waals surface area contributed by atoms with Crippen molar-refractivity contribution in [1.82, 2.24) is 0 Å². The number of alkyl halides is 1. The molecule has 0 bridgehead atoms. The number of ether oxygens (including phenoxy) is 1. The van der Waals surface area contributed by atoms with E-state index in [-0.39, 0.29) is 0 Å². The summed E-state index contributed by atoms with van der Waals surface area (Å²) in [7, 11) is 0. The monoisotopic (exact) mass is 150 g/mol. The Morgan fingerprint density at radius 2 is 2.00 bits per heavy atom. The van der Waals surface area contributed by atoms with E-state index in [0.29, 0.717) is 25.7 Å². The first-order chi connectivity index (χ1) is 3.91. The molecule has 0 spiro atoms. The molecule has 0 unspecified atom stereocenters. The fraction of sp³-hybridized carbons (Fsp3) is 1.00. The number of rotatable bonds is 5. The first-order valence-electron chi connectivity index (χ1n) is 2.37. The molecule has 0 saturated carbocycles. The Morgan fingerprint density at radius 3 is 2.50 bits per heavy atom. The van der Waals surface area contributed by atoms with E-state index in [4.69, 9.17) is 16.3 Å². The standard InChI is InChI=1S/C4H8ClO2.Al/c5-1-3-7-4-2-6;/h1-4H2;/q-1;+1. The van der Waals surface area contributed by atoms with Crippen molar-refractivity contribution < 1.29 is 8.53 Å². The Hall–Kier alpha value is 0.742. The van der Waals surface area contributed by atoms with E-state index in [2.05, 4.69) is 20.4 Å². The van der Waals surface area contributed by atoms with Gasteiger partial charge in [-0.1, -0.05) is 0 Å². The molecule has 2 radical (unpaired) electrons. The van der Waals surface area contributed by atoms with Crippen molar-refractivity contribution in [1.29, 1.82) is 0 Å². The summed E-state index contributed by atoms with van der Waals surface area (Å²) in [6.07, 6.45) is 0. The lowest BCUT2D eigenvalue weighted by molar-refractivity contribution is 0.115. The Labute approximate surface area is 62.9 Å². The SMILES string of the molecule is [Al][O]CCOCCCl. The summed E-state index contributed by atoms with van der Waals surface area (Å²) in [4.78, 5) is 0. The Bertz CT molecular complexity index is 39.0. The molecule has 0 aliphatic rings. The fourth-order valence-electron chi connectivity index (χ4n) is 0.264. The maximum Gasteiger partial charge on any atom is 0.369 e. The molecule has 46 valence electrons. The minimum atomic E-state index is 0.552. The highest BCUT2D eigenvalue weighted by molar-refractivity contribution is 6.17. The minimum Gasteiger partial charge on any atom is -0.514 e. The lowest BCUT2D eigenvalue weighted by atomic mass is 10.7. The van der Waals surface area contributed by atoms with Crippen LogP contribution < -0.4 is 0 Å². The molecule has 0 N–H and O–H groups in total. The van der Waals surface area contributed by atoms with E-state index >= 15 is 0 Å². The summed E-state index contributed by atoms with van der Waals surface area (Å²) in [5.74, 6) is 0.552. The molecule has 0 aromatic rings. The number of halogens is 1. The van der Waals surface area contributed by atoms with Gasteiger partial charge < -0.3 is 8.53 Å². The summed E-state index contributed by atoms with van der Waals surface area (Å²) in [6, 6.07) is 0. The zero-order valence-corrected chi connectivity index (χ0v) is 6.51. The molecule has 0 aromatic heterocycles. The van der Waals surface area contributed by atoms with Gasteiger partial charge in [-0.25, -0.2) is 0 Å². The first kappa shape index (κ1) is 8.74. The predicted molar refractivity (Wildman–Crippen MR) is 33.2 cm³/mol. The Morgan fingerprint density at radius 1 is 1.25 bits per heavy atom. The van der Waals surface area contributed by atoms with Crippen LogP contribution >= 0.6 is 11.6 Å². The van der Waals surface area contributed by atoms with Crippen LogP contribution in [0.25, 0.3) is 0 Å². The number of hydrogen-bond acceptors (Lipinski definition) is 2. The van der Waals surface area contributed by atoms with Crippen molar-refractivity contribution in [3.8, 4) is 0 Å². The van der Waals surface area contributed by atoms with Gasteiger partial charge in [0.05, 0.1) is 13.2 Å². The zero-order valence-electron chi connectivity index (χ0n) is 4.60. The lowest BCUT2D eigenvalue weighted by Gasteiger charge is -1.99. The van der Waals surface area contributed by atoms with Gasteiger partial charge in [-0.2, -0.15) is 0 Å². The lowest BCUT2D eigenvalue weighted by Crippen LogP contribution is -2.03. The highest BCUT2D eigenvalue weighted by Gasteiger charge is 1.81. The summed E-state index contributed by atoms with van der Waals surface area (Å²) >= 11 is 7.46. The fourth-order valence-corrected chi connectivity index (χ4v) is 0.469. The maximum atomic E-state index is 5.31. The molecule has 4 heteroatoms. The summed E-state index contributed by atoms with van der Waals surface area (Å²) < 4.78 is 9.59. The van der Waals surface area contributed by atoms with Crippen molar-refractivity contribution in [2.45, 2.75) is 0 Å². The molecule has 0 atom stereocenters. The minimum absolute atomic E-state index is 0.552. The molecule has 8 heavy (non-hydrogen) atoms. The molecule has 2 nitrogen and oxygen atoms in total. The van der Waals surface area contributed by atoms with Gasteiger partial charge in [0, 0.05) is 12.5 Å². The second-order valence-electron chi connectivity index (χ2n) is 1.17. The van der Waals surface area contributed by atoms with Crippen LogP contribution in [0.15, 0.2) is 0 Å². The van der Waals surface area contributed by atoms with Crippen LogP contribution in [0.1, 0.15) is 0 Å². The van der Waals surface area contributed by atoms with Crippen LogP contribution in [-0.2, 0) is 8.53 Å². The van der Waals surface area contributed by atoms with E-state index in [9.17, 15) is 0 Å². The highest BCUT2D eigenvalue weighted by atomic mass is 35.5. The van der Waals surface area contributed by atoms with E-state index in [0.717, 1.165) is 0 Å². The third-order valence-corrected chi connectivity index (χ3v) is 0.957. The Kier molecular flexibility index (Phi) is 8.46. The smallest absolute Gasteiger partial charge is 0.369 e. The molecule has 0 aromatic carbocycles. The molecular weight excluding hydrogens is 142 g/mol. The van der Waals surface area contributed by atoms with Crippen molar-refractivity contribution in [3.63, 3.8) is 0 Å². The molecule has 0 fully saturated rings. The molecule has 0 saturated heterocycles. The predicted octanol–water partition coefficient (Wildman–Crippen LogP) is 0.342. The van der Waals surface area contributed by atoms with Crippen molar-refractivity contribution in [2.75, 3.05) is 25.7 Å². The van der Waals surface area contributed by atoms with Crippen LogP contribution in [0, 0.1) is 0 Å². The molecule has 0 aliphatic heterocycles. The second kappa shape index (κ2) is 7.74. The molecule has 0 rings (SSSR count). The van der Waals surface area contributed by atoms with Gasteiger partial charge in [0.25, 0.3) is 0 Å². The number of hydrogen-bond donors (Lipinski definition) is 0. The third kappa shape index (κ3) is 6.74. The maximum absolute atomic E-state index is 5.31. The first-order valence-corrected chi connectivity index (χ1v) is 3.37. The van der Waals surface area contributed by atoms with Crippen LogP contribution in [-0.4, -0.2) is 42.3 Å². The molecular formula is C4H8AlClO2. The van der Waals surface area contributed by atoms with Gasteiger partial charge in [-0.15, -0.1) is 11.6 Å². The van der Waals surface area contributed by atoms with Crippen LogP contribution in [0.2, 0.25) is 0 Å². The summed E-state index contributed by atoms with van der Waals surface area (Å²) in [5, 5.41) is 0. The van der Waals surface area contributed by atoms with Crippen molar-refractivity contribution >= 4 is 28.2 Å². The van der Waals surface area contributed by atoms with E-state index in [1.807, 2.05) is 0 Å². The zero-order chi connectivity index (χ0) is 6.24. The van der Waals surface area contributed by atoms with E-state index in [1.165, 1.54) is 0 Å².